The molecule has 1 atom stereocenters. The van der Waals surface area contributed by atoms with Crippen molar-refractivity contribution < 1.29 is 27.1 Å². The highest BCUT2D eigenvalue weighted by atomic mass is 19.4. The number of nitrogens with two attached hydrogens (primary N) is 1. The van der Waals surface area contributed by atoms with Crippen LogP contribution in [-0.4, -0.2) is 29.5 Å². The summed E-state index contributed by atoms with van der Waals surface area (Å²) in [5.41, 5.74) is 5.23. The second-order valence-corrected chi connectivity index (χ2v) is 6.29. The summed E-state index contributed by atoms with van der Waals surface area (Å²) in [6, 6.07) is 4.56. The van der Waals surface area contributed by atoms with Gasteiger partial charge in [0.2, 0.25) is 5.89 Å². The molecule has 29 heavy (non-hydrogen) atoms. The molecule has 0 radical (unpaired) electrons. The number of oxazole rings is 1. The first-order chi connectivity index (χ1) is 13.7. The number of alkyl halides is 3. The number of aromatic nitrogens is 2. The van der Waals surface area contributed by atoms with E-state index in [2.05, 4.69) is 15.3 Å². The summed E-state index contributed by atoms with van der Waals surface area (Å²) in [5, 5.41) is 2.96. The van der Waals surface area contributed by atoms with Crippen molar-refractivity contribution in [3.63, 3.8) is 0 Å². The number of benzene rings is 1. The Morgan fingerprint density at radius 2 is 2.00 bits per heavy atom. The first-order valence-corrected chi connectivity index (χ1v) is 8.77. The van der Waals surface area contributed by atoms with Crippen LogP contribution in [0.15, 0.2) is 28.7 Å². The van der Waals surface area contributed by atoms with E-state index in [-0.39, 0.29) is 28.6 Å². The van der Waals surface area contributed by atoms with E-state index in [4.69, 9.17) is 14.9 Å². The molecule has 2 heterocycles. The molecule has 0 fully saturated rings. The van der Waals surface area contributed by atoms with Crippen LogP contribution in [0.25, 0.3) is 22.4 Å². The van der Waals surface area contributed by atoms with Crippen LogP contribution in [0.5, 0.6) is 5.75 Å². The van der Waals surface area contributed by atoms with Crippen molar-refractivity contribution in [3.8, 4) is 17.2 Å². The molecule has 154 valence electrons. The average Bonchev–Trinajstić information content (AvgIpc) is 3.11. The van der Waals surface area contributed by atoms with Crippen LogP contribution in [-0.2, 0) is 6.18 Å². The standard InChI is InChI=1S/C19H19F3N4O3/c1-4-24-17(27)15-16(9(2)23)29-18(26-15)11-5-7-12(28-3)14-10(11)6-8-13(25-14)19(20,21)22/h5-9H,4,23H2,1-3H3,(H,24,27). The Balaban J connectivity index is 2.23. The van der Waals surface area contributed by atoms with Crippen molar-refractivity contribution in [1.29, 1.82) is 0 Å². The van der Waals surface area contributed by atoms with Gasteiger partial charge in [0.25, 0.3) is 5.91 Å². The van der Waals surface area contributed by atoms with Crippen LogP contribution in [0.2, 0.25) is 0 Å². The highest BCUT2D eigenvalue weighted by Gasteiger charge is 2.33. The molecular weight excluding hydrogens is 389 g/mol. The Morgan fingerprint density at radius 3 is 2.59 bits per heavy atom. The maximum Gasteiger partial charge on any atom is 0.433 e. The van der Waals surface area contributed by atoms with Crippen molar-refractivity contribution >= 4 is 16.8 Å². The summed E-state index contributed by atoms with van der Waals surface area (Å²) in [6.45, 7) is 3.77. The maximum atomic E-state index is 13.1. The van der Waals surface area contributed by atoms with Gasteiger partial charge in [0.1, 0.15) is 17.0 Å². The van der Waals surface area contributed by atoms with Crippen molar-refractivity contribution in [1.82, 2.24) is 15.3 Å². The Bertz CT molecular complexity index is 1060. The van der Waals surface area contributed by atoms with E-state index in [0.717, 1.165) is 6.07 Å². The molecule has 0 aliphatic rings. The maximum absolute atomic E-state index is 13.1. The van der Waals surface area contributed by atoms with Gasteiger partial charge in [-0.25, -0.2) is 9.97 Å². The van der Waals surface area contributed by atoms with E-state index >= 15 is 0 Å². The molecule has 1 unspecified atom stereocenters. The molecule has 0 aliphatic heterocycles. The zero-order valence-corrected chi connectivity index (χ0v) is 15.9. The van der Waals surface area contributed by atoms with Crippen molar-refractivity contribution in [2.24, 2.45) is 5.73 Å². The highest BCUT2D eigenvalue weighted by Crippen LogP contribution is 2.37. The number of carbonyl (C=O) groups excluding carboxylic acids is 1. The molecular formula is C19H19F3N4O3. The molecule has 3 rings (SSSR count). The second-order valence-electron chi connectivity index (χ2n) is 6.29. The predicted molar refractivity (Wildman–Crippen MR) is 99.4 cm³/mol. The highest BCUT2D eigenvalue weighted by molar-refractivity contribution is 5.98. The van der Waals surface area contributed by atoms with Crippen LogP contribution in [0, 0.1) is 0 Å². The van der Waals surface area contributed by atoms with Gasteiger partial charge in [0.05, 0.1) is 13.2 Å². The number of rotatable bonds is 5. The summed E-state index contributed by atoms with van der Waals surface area (Å²) < 4.78 is 50.1. The van der Waals surface area contributed by atoms with E-state index in [1.165, 1.54) is 19.2 Å². The number of pyridine rings is 1. The van der Waals surface area contributed by atoms with E-state index in [1.807, 2.05) is 0 Å². The summed E-state index contributed by atoms with van der Waals surface area (Å²) in [4.78, 5) is 20.2. The molecule has 3 aromatic rings. The Labute approximate surface area is 164 Å². The molecule has 0 saturated heterocycles. The number of carbonyl (C=O) groups is 1. The zero-order chi connectivity index (χ0) is 21.3. The molecule has 3 N–H and O–H groups in total. The Kier molecular flexibility index (Phi) is 5.47. The molecule has 1 aromatic carbocycles. The lowest BCUT2D eigenvalue weighted by atomic mass is 10.1. The van der Waals surface area contributed by atoms with Gasteiger partial charge in [-0.15, -0.1) is 0 Å². The molecule has 7 nitrogen and oxygen atoms in total. The minimum atomic E-state index is -4.61. The summed E-state index contributed by atoms with van der Waals surface area (Å²) in [7, 11) is 1.34. The topological polar surface area (TPSA) is 103 Å². The number of hydrogen-bond acceptors (Lipinski definition) is 6. The molecule has 2 aromatic heterocycles. The largest absolute Gasteiger partial charge is 0.494 e. The van der Waals surface area contributed by atoms with E-state index in [0.29, 0.717) is 17.5 Å². The number of methoxy groups -OCH3 is 1. The van der Waals surface area contributed by atoms with Gasteiger partial charge in [-0.05, 0) is 38.1 Å². The third kappa shape index (κ3) is 3.88. The number of nitrogens with one attached hydrogen (secondary N) is 1. The number of ether oxygens (including phenoxy) is 1. The first-order valence-electron chi connectivity index (χ1n) is 8.77. The van der Waals surface area contributed by atoms with Crippen LogP contribution in [0.4, 0.5) is 13.2 Å². The summed E-state index contributed by atoms with van der Waals surface area (Å²) in [5.74, 6) is -0.0644. The smallest absolute Gasteiger partial charge is 0.433 e. The number of hydrogen-bond donors (Lipinski definition) is 2. The van der Waals surface area contributed by atoms with Crippen molar-refractivity contribution in [3.05, 3.63) is 41.4 Å². The second kappa shape index (κ2) is 7.70. The van der Waals surface area contributed by atoms with E-state index in [1.54, 1.807) is 19.9 Å². The monoisotopic (exact) mass is 408 g/mol. The van der Waals surface area contributed by atoms with Gasteiger partial charge < -0.3 is 20.2 Å². The van der Waals surface area contributed by atoms with Crippen molar-refractivity contribution in [2.75, 3.05) is 13.7 Å². The predicted octanol–water partition coefficient (Wildman–Crippen LogP) is 3.69. The van der Waals surface area contributed by atoms with Crippen LogP contribution in [0.3, 0.4) is 0 Å². The molecule has 10 heteroatoms. The molecule has 0 saturated carbocycles. The van der Waals surface area contributed by atoms with Crippen LogP contribution in [0.1, 0.15) is 41.8 Å². The fourth-order valence-electron chi connectivity index (χ4n) is 2.86. The van der Waals surface area contributed by atoms with Gasteiger partial charge in [-0.3, -0.25) is 4.79 Å². The van der Waals surface area contributed by atoms with Gasteiger partial charge in [0.15, 0.2) is 11.5 Å². The lowest BCUT2D eigenvalue weighted by Gasteiger charge is -2.11. The van der Waals surface area contributed by atoms with E-state index in [9.17, 15) is 18.0 Å². The minimum Gasteiger partial charge on any atom is -0.494 e. The molecule has 0 bridgehead atoms. The van der Waals surface area contributed by atoms with Gasteiger partial charge >= 0.3 is 6.18 Å². The lowest BCUT2D eigenvalue weighted by molar-refractivity contribution is -0.140. The fraction of sp³-hybridized carbons (Fsp3) is 0.316. The molecule has 0 aliphatic carbocycles. The molecule has 1 amide bonds. The summed E-state index contributed by atoms with van der Waals surface area (Å²) in [6.07, 6.45) is -4.61. The Hall–Kier alpha value is -3.14. The van der Waals surface area contributed by atoms with Crippen molar-refractivity contribution in [2.45, 2.75) is 26.1 Å². The van der Waals surface area contributed by atoms with Crippen LogP contribution < -0.4 is 15.8 Å². The average molecular weight is 408 g/mol. The fourth-order valence-corrected chi connectivity index (χ4v) is 2.86. The minimum absolute atomic E-state index is 0.0000633. The SMILES string of the molecule is CCNC(=O)c1nc(-c2ccc(OC)c3nc(C(F)(F)F)ccc23)oc1C(C)N. The zero-order valence-electron chi connectivity index (χ0n) is 15.9. The number of nitrogens with zero attached hydrogens (tertiary/aromatic N) is 2. The summed E-state index contributed by atoms with van der Waals surface area (Å²) >= 11 is 0. The molecule has 0 spiro atoms. The number of fused-ring (bicyclic) bond motifs is 1. The van der Waals surface area contributed by atoms with Gasteiger partial charge in [0, 0.05) is 17.5 Å². The lowest BCUT2D eigenvalue weighted by Crippen LogP contribution is -2.25. The first kappa shape index (κ1) is 20.6. The number of amides is 1. The third-order valence-corrected chi connectivity index (χ3v) is 4.18. The van der Waals surface area contributed by atoms with Gasteiger partial charge in [-0.1, -0.05) is 0 Å². The normalized spacial score (nSPS) is 12.8. The van der Waals surface area contributed by atoms with Gasteiger partial charge in [-0.2, -0.15) is 13.2 Å². The third-order valence-electron chi connectivity index (χ3n) is 4.18. The van der Waals surface area contributed by atoms with Crippen LogP contribution >= 0.6 is 0 Å². The number of halogens is 3. The quantitative estimate of drug-likeness (QED) is 0.668. The van der Waals surface area contributed by atoms with E-state index < -0.39 is 23.8 Å². The Morgan fingerprint density at radius 1 is 1.28 bits per heavy atom.